The van der Waals surface area contributed by atoms with Gasteiger partial charge in [0.05, 0.1) is 33.8 Å². The molecule has 0 aliphatic heterocycles. The predicted molar refractivity (Wildman–Crippen MR) is 132 cm³/mol. The van der Waals surface area contributed by atoms with E-state index in [0.29, 0.717) is 12.2 Å². The van der Waals surface area contributed by atoms with Gasteiger partial charge < -0.3 is 10.1 Å². The van der Waals surface area contributed by atoms with Crippen LogP contribution in [0, 0.1) is 0 Å². The van der Waals surface area contributed by atoms with Crippen LogP contribution in [0.2, 0.25) is 10.0 Å². The van der Waals surface area contributed by atoms with Crippen molar-refractivity contribution in [2.75, 3.05) is 18.0 Å². The van der Waals surface area contributed by atoms with Crippen molar-refractivity contribution in [3.63, 3.8) is 0 Å². The lowest BCUT2D eigenvalue weighted by molar-refractivity contribution is -0.120. The van der Waals surface area contributed by atoms with Gasteiger partial charge in [-0.2, -0.15) is 0 Å². The summed E-state index contributed by atoms with van der Waals surface area (Å²) in [5.74, 6) is 0.226. The summed E-state index contributed by atoms with van der Waals surface area (Å²) in [4.78, 5) is 13.1. The number of anilines is 1. The Balaban J connectivity index is 1.92. The Bertz CT molecular complexity index is 1200. The third-order valence-electron chi connectivity index (χ3n) is 5.08. The van der Waals surface area contributed by atoms with Crippen LogP contribution in [-0.2, 0) is 14.8 Å². The highest BCUT2D eigenvalue weighted by Gasteiger charge is 2.29. The molecule has 3 aromatic carbocycles. The van der Waals surface area contributed by atoms with Crippen LogP contribution < -0.4 is 14.4 Å². The van der Waals surface area contributed by atoms with E-state index >= 15 is 0 Å². The van der Waals surface area contributed by atoms with Crippen molar-refractivity contribution in [1.29, 1.82) is 0 Å². The zero-order valence-electron chi connectivity index (χ0n) is 18.2. The molecule has 6 nitrogen and oxygen atoms in total. The smallest absolute Gasteiger partial charge is 0.264 e. The third kappa shape index (κ3) is 5.79. The highest BCUT2D eigenvalue weighted by atomic mass is 35.5. The molecular formula is C24H24Cl2N2O4S. The molecule has 0 heterocycles. The van der Waals surface area contributed by atoms with Crippen LogP contribution in [0.3, 0.4) is 0 Å². The molecule has 1 N–H and O–H groups in total. The van der Waals surface area contributed by atoms with E-state index in [2.05, 4.69) is 5.32 Å². The van der Waals surface area contributed by atoms with Gasteiger partial charge in [0, 0.05) is 0 Å². The van der Waals surface area contributed by atoms with Crippen molar-refractivity contribution >= 4 is 44.8 Å². The van der Waals surface area contributed by atoms with E-state index in [1.165, 1.54) is 18.2 Å². The zero-order chi connectivity index (χ0) is 24.0. The van der Waals surface area contributed by atoms with Crippen molar-refractivity contribution in [2.24, 2.45) is 0 Å². The van der Waals surface area contributed by atoms with Crippen molar-refractivity contribution in [3.05, 3.63) is 88.4 Å². The number of carbonyl (C=O) groups is 1. The molecule has 0 aromatic heterocycles. The lowest BCUT2D eigenvalue weighted by Crippen LogP contribution is -2.42. The highest BCUT2D eigenvalue weighted by Crippen LogP contribution is 2.35. The first kappa shape index (κ1) is 24.9. The first-order chi connectivity index (χ1) is 15.8. The molecule has 3 rings (SSSR count). The number of benzene rings is 3. The second kappa shape index (κ2) is 10.9. The Morgan fingerprint density at radius 3 is 2.27 bits per heavy atom. The molecule has 174 valence electrons. The molecule has 0 aliphatic rings. The van der Waals surface area contributed by atoms with Gasteiger partial charge in [-0.05, 0) is 48.4 Å². The second-order valence-electron chi connectivity index (χ2n) is 7.20. The monoisotopic (exact) mass is 506 g/mol. The van der Waals surface area contributed by atoms with Crippen molar-refractivity contribution in [1.82, 2.24) is 5.32 Å². The molecule has 0 aliphatic carbocycles. The van der Waals surface area contributed by atoms with E-state index in [-0.39, 0.29) is 26.7 Å². The average molecular weight is 507 g/mol. The number of nitrogens with one attached hydrogen (secondary N) is 1. The van der Waals surface area contributed by atoms with Crippen LogP contribution in [-0.4, -0.2) is 28.0 Å². The molecule has 0 unspecified atom stereocenters. The maximum atomic E-state index is 13.5. The Hall–Kier alpha value is -2.74. The van der Waals surface area contributed by atoms with Crippen LogP contribution >= 0.6 is 23.2 Å². The maximum Gasteiger partial charge on any atom is 0.264 e. The zero-order valence-corrected chi connectivity index (χ0v) is 20.5. The van der Waals surface area contributed by atoms with Crippen molar-refractivity contribution in [2.45, 2.75) is 24.3 Å². The molecule has 0 spiro atoms. The number of halogens is 2. The Kier molecular flexibility index (Phi) is 8.24. The Morgan fingerprint density at radius 1 is 1.00 bits per heavy atom. The molecular weight excluding hydrogens is 483 g/mol. The van der Waals surface area contributed by atoms with Crippen LogP contribution in [0.4, 0.5) is 5.69 Å². The summed E-state index contributed by atoms with van der Waals surface area (Å²) >= 11 is 12.5. The molecule has 0 saturated carbocycles. The molecule has 0 bridgehead atoms. The van der Waals surface area contributed by atoms with Gasteiger partial charge in [0.25, 0.3) is 10.0 Å². The fourth-order valence-corrected chi connectivity index (χ4v) is 5.23. The van der Waals surface area contributed by atoms with Crippen LogP contribution in [0.1, 0.15) is 24.9 Å². The van der Waals surface area contributed by atoms with Crippen LogP contribution in [0.25, 0.3) is 0 Å². The van der Waals surface area contributed by atoms with Gasteiger partial charge in [-0.3, -0.25) is 9.10 Å². The summed E-state index contributed by atoms with van der Waals surface area (Å²) in [6, 6.07) is 19.5. The molecule has 0 saturated heterocycles. The van der Waals surface area contributed by atoms with E-state index in [4.69, 9.17) is 27.9 Å². The standard InChI is InChI=1S/C24H24Cl2N2O4S/c1-3-21(17-12-14-18(32-2)15-13-17)27-23(29)16-28(22-11-7-10-20(25)24(22)26)33(30,31)19-8-5-4-6-9-19/h4-15,21H,3,16H2,1-2H3,(H,27,29)/t21-/m1/s1. The summed E-state index contributed by atoms with van der Waals surface area (Å²) in [5.41, 5.74) is 1.01. The van der Waals surface area contributed by atoms with Gasteiger partial charge in [-0.25, -0.2) is 8.42 Å². The number of methoxy groups -OCH3 is 1. The first-order valence-corrected chi connectivity index (χ1v) is 12.4. The van der Waals surface area contributed by atoms with Gasteiger partial charge in [-0.1, -0.05) is 66.5 Å². The minimum atomic E-state index is -4.09. The number of hydrogen-bond donors (Lipinski definition) is 1. The number of amides is 1. The molecule has 9 heteroatoms. The molecule has 0 fully saturated rings. The lowest BCUT2D eigenvalue weighted by atomic mass is 10.0. The van der Waals surface area contributed by atoms with E-state index in [1.807, 2.05) is 31.2 Å². The van der Waals surface area contributed by atoms with E-state index in [1.54, 1.807) is 37.4 Å². The van der Waals surface area contributed by atoms with Crippen molar-refractivity contribution < 1.29 is 17.9 Å². The fraction of sp³-hybridized carbons (Fsp3) is 0.208. The Labute approximate surface area is 204 Å². The van der Waals surface area contributed by atoms with Crippen LogP contribution in [0.5, 0.6) is 5.75 Å². The number of hydrogen-bond acceptors (Lipinski definition) is 4. The van der Waals surface area contributed by atoms with Gasteiger partial charge in [0.2, 0.25) is 5.91 Å². The largest absolute Gasteiger partial charge is 0.497 e. The van der Waals surface area contributed by atoms with E-state index in [0.717, 1.165) is 9.87 Å². The number of sulfonamides is 1. The van der Waals surface area contributed by atoms with Crippen LogP contribution in [0.15, 0.2) is 77.7 Å². The van der Waals surface area contributed by atoms with Gasteiger partial charge in [-0.15, -0.1) is 0 Å². The van der Waals surface area contributed by atoms with Crippen molar-refractivity contribution in [3.8, 4) is 5.75 Å². The predicted octanol–water partition coefficient (Wildman–Crippen LogP) is 5.46. The summed E-state index contributed by atoms with van der Waals surface area (Å²) in [5, 5.41) is 3.15. The fourth-order valence-electron chi connectivity index (χ4n) is 3.33. The summed E-state index contributed by atoms with van der Waals surface area (Å²) in [6.45, 7) is 1.46. The van der Waals surface area contributed by atoms with Gasteiger partial charge >= 0.3 is 0 Å². The topological polar surface area (TPSA) is 75.7 Å². The average Bonchev–Trinajstić information content (AvgIpc) is 2.83. The second-order valence-corrected chi connectivity index (χ2v) is 9.85. The third-order valence-corrected chi connectivity index (χ3v) is 7.66. The number of ether oxygens (including phenoxy) is 1. The quantitative estimate of drug-likeness (QED) is 0.417. The summed E-state index contributed by atoms with van der Waals surface area (Å²) in [7, 11) is -2.51. The van der Waals surface area contributed by atoms with Gasteiger partial charge in [0.15, 0.2) is 0 Å². The first-order valence-electron chi connectivity index (χ1n) is 10.2. The number of rotatable bonds is 9. The lowest BCUT2D eigenvalue weighted by Gasteiger charge is -2.26. The molecule has 33 heavy (non-hydrogen) atoms. The van der Waals surface area contributed by atoms with E-state index in [9.17, 15) is 13.2 Å². The summed E-state index contributed by atoms with van der Waals surface area (Å²) < 4.78 is 33.1. The molecule has 1 atom stereocenters. The van der Waals surface area contributed by atoms with Gasteiger partial charge in [0.1, 0.15) is 12.3 Å². The highest BCUT2D eigenvalue weighted by molar-refractivity contribution is 7.92. The minimum absolute atomic E-state index is 0.0380. The Morgan fingerprint density at radius 2 is 1.67 bits per heavy atom. The minimum Gasteiger partial charge on any atom is -0.497 e. The SMILES string of the molecule is CC[C@@H](NC(=O)CN(c1cccc(Cl)c1Cl)S(=O)(=O)c1ccccc1)c1ccc(OC)cc1. The normalized spacial score (nSPS) is 12.1. The molecule has 1 amide bonds. The molecule has 3 aromatic rings. The summed E-state index contributed by atoms with van der Waals surface area (Å²) in [6.07, 6.45) is 0.613. The maximum absolute atomic E-state index is 13.5. The number of carbonyl (C=O) groups excluding carboxylic acids is 1. The number of nitrogens with zero attached hydrogens (tertiary/aromatic N) is 1. The van der Waals surface area contributed by atoms with E-state index < -0.39 is 22.5 Å². The molecule has 0 radical (unpaired) electrons.